The topological polar surface area (TPSA) is 66.5 Å². The first-order chi connectivity index (χ1) is 13.5. The summed E-state index contributed by atoms with van der Waals surface area (Å²) in [5, 5.41) is 3.11. The predicted molar refractivity (Wildman–Crippen MR) is 116 cm³/mol. The average Bonchev–Trinajstić information content (AvgIpc) is 2.95. The molecule has 3 aromatic carbocycles. The summed E-state index contributed by atoms with van der Waals surface area (Å²) in [4.78, 5) is 39.0. The Morgan fingerprint density at radius 2 is 1.57 bits per heavy atom. The molecular formula is C21H12ClIN2O3. The molecule has 7 heteroatoms. The monoisotopic (exact) mass is 502 g/mol. The van der Waals surface area contributed by atoms with E-state index in [0.29, 0.717) is 33.1 Å². The van der Waals surface area contributed by atoms with Gasteiger partial charge in [0, 0.05) is 9.26 Å². The van der Waals surface area contributed by atoms with E-state index in [1.807, 2.05) is 6.07 Å². The highest BCUT2D eigenvalue weighted by Gasteiger charge is 2.36. The number of hydrogen-bond donors (Lipinski definition) is 1. The molecule has 0 unspecified atom stereocenters. The van der Waals surface area contributed by atoms with Crippen LogP contribution in [0.25, 0.3) is 0 Å². The molecule has 0 aromatic heterocycles. The number of amides is 3. The van der Waals surface area contributed by atoms with Crippen LogP contribution in [0.15, 0.2) is 66.7 Å². The van der Waals surface area contributed by atoms with Gasteiger partial charge in [0.2, 0.25) is 0 Å². The standard InChI is InChI=1S/C21H12ClIN2O3/c22-18-9-8-12(23)10-17(18)19(26)24-13-4-3-5-14(11-13)25-20(27)15-6-1-2-7-16(15)21(25)28/h1-11H,(H,24,26). The van der Waals surface area contributed by atoms with Crippen molar-refractivity contribution in [3.05, 3.63) is 92.0 Å². The number of nitrogens with zero attached hydrogens (tertiary/aromatic N) is 1. The third-order valence-electron chi connectivity index (χ3n) is 4.33. The summed E-state index contributed by atoms with van der Waals surface area (Å²) in [5.41, 5.74) is 1.92. The maximum absolute atomic E-state index is 12.6. The minimum absolute atomic E-state index is 0.342. The zero-order valence-electron chi connectivity index (χ0n) is 14.3. The lowest BCUT2D eigenvalue weighted by Crippen LogP contribution is -2.29. The summed E-state index contributed by atoms with van der Waals surface area (Å²) in [5.74, 6) is -1.14. The molecule has 0 bridgehead atoms. The molecule has 0 radical (unpaired) electrons. The number of hydrogen-bond acceptors (Lipinski definition) is 3. The fourth-order valence-corrected chi connectivity index (χ4v) is 3.71. The molecule has 1 N–H and O–H groups in total. The Morgan fingerprint density at radius 1 is 0.893 bits per heavy atom. The van der Waals surface area contributed by atoms with Crippen LogP contribution in [0, 0.1) is 3.57 Å². The summed E-state index contributed by atoms with van der Waals surface area (Å²) in [7, 11) is 0. The maximum atomic E-state index is 12.6. The van der Waals surface area contributed by atoms with Crippen molar-refractivity contribution in [1.82, 2.24) is 0 Å². The number of carbonyl (C=O) groups excluding carboxylic acids is 3. The fourth-order valence-electron chi connectivity index (χ4n) is 3.02. The van der Waals surface area contributed by atoms with Gasteiger partial charge in [0.25, 0.3) is 17.7 Å². The maximum Gasteiger partial charge on any atom is 0.266 e. The molecule has 0 saturated carbocycles. The molecule has 1 aliphatic rings. The lowest BCUT2D eigenvalue weighted by Gasteiger charge is -2.15. The molecule has 0 spiro atoms. The Morgan fingerprint density at radius 3 is 2.25 bits per heavy atom. The van der Waals surface area contributed by atoms with Gasteiger partial charge in [-0.15, -0.1) is 0 Å². The molecule has 5 nitrogen and oxygen atoms in total. The number of imide groups is 1. The van der Waals surface area contributed by atoms with Crippen molar-refractivity contribution in [2.24, 2.45) is 0 Å². The van der Waals surface area contributed by atoms with Crippen molar-refractivity contribution in [2.75, 3.05) is 10.2 Å². The second-order valence-electron chi connectivity index (χ2n) is 6.12. The number of halogens is 2. The van der Waals surface area contributed by atoms with E-state index in [1.54, 1.807) is 60.7 Å². The van der Waals surface area contributed by atoms with E-state index in [9.17, 15) is 14.4 Å². The molecule has 0 saturated heterocycles. The first kappa shape index (κ1) is 18.6. The lowest BCUT2D eigenvalue weighted by molar-refractivity contribution is 0.0925. The van der Waals surface area contributed by atoms with Crippen molar-refractivity contribution in [3.8, 4) is 0 Å². The van der Waals surface area contributed by atoms with Crippen LogP contribution in [0.1, 0.15) is 31.1 Å². The zero-order chi connectivity index (χ0) is 19.8. The summed E-state index contributed by atoms with van der Waals surface area (Å²) in [6.07, 6.45) is 0. The highest BCUT2D eigenvalue weighted by atomic mass is 127. The third-order valence-corrected chi connectivity index (χ3v) is 5.33. The van der Waals surface area contributed by atoms with E-state index >= 15 is 0 Å². The second kappa shape index (κ2) is 7.37. The Balaban J connectivity index is 1.63. The molecule has 1 heterocycles. The van der Waals surface area contributed by atoms with E-state index in [4.69, 9.17) is 11.6 Å². The molecule has 4 rings (SSSR count). The van der Waals surface area contributed by atoms with Crippen LogP contribution in [0.2, 0.25) is 5.02 Å². The number of anilines is 2. The van der Waals surface area contributed by atoms with Crippen LogP contribution < -0.4 is 10.2 Å². The van der Waals surface area contributed by atoms with Gasteiger partial charge in [0.15, 0.2) is 0 Å². The van der Waals surface area contributed by atoms with Crippen LogP contribution in [0.4, 0.5) is 11.4 Å². The van der Waals surface area contributed by atoms with Gasteiger partial charge in [-0.25, -0.2) is 4.90 Å². The molecule has 3 amide bonds. The fraction of sp³-hybridized carbons (Fsp3) is 0. The van der Waals surface area contributed by atoms with Crippen molar-refractivity contribution < 1.29 is 14.4 Å². The lowest BCUT2D eigenvalue weighted by atomic mass is 10.1. The zero-order valence-corrected chi connectivity index (χ0v) is 17.2. The Bertz CT molecular complexity index is 1110. The summed E-state index contributed by atoms with van der Waals surface area (Å²) in [6.45, 7) is 0. The van der Waals surface area contributed by atoms with Gasteiger partial charge in [-0.1, -0.05) is 29.8 Å². The minimum Gasteiger partial charge on any atom is -0.322 e. The molecule has 0 atom stereocenters. The van der Waals surface area contributed by atoms with E-state index in [-0.39, 0.29) is 17.7 Å². The van der Waals surface area contributed by atoms with Gasteiger partial charge in [0.1, 0.15) is 0 Å². The molecule has 28 heavy (non-hydrogen) atoms. The van der Waals surface area contributed by atoms with Gasteiger partial charge in [-0.3, -0.25) is 14.4 Å². The van der Waals surface area contributed by atoms with E-state index in [0.717, 1.165) is 8.47 Å². The molecule has 3 aromatic rings. The number of fused-ring (bicyclic) bond motifs is 1. The minimum atomic E-state index is -0.385. The smallest absolute Gasteiger partial charge is 0.266 e. The first-order valence-corrected chi connectivity index (χ1v) is 9.75. The highest BCUT2D eigenvalue weighted by molar-refractivity contribution is 14.1. The highest BCUT2D eigenvalue weighted by Crippen LogP contribution is 2.30. The van der Waals surface area contributed by atoms with Gasteiger partial charge in [-0.2, -0.15) is 0 Å². The van der Waals surface area contributed by atoms with Gasteiger partial charge >= 0.3 is 0 Å². The van der Waals surface area contributed by atoms with Crippen LogP contribution in [-0.4, -0.2) is 17.7 Å². The Labute approximate surface area is 179 Å². The van der Waals surface area contributed by atoms with E-state index in [2.05, 4.69) is 27.9 Å². The molecule has 0 fully saturated rings. The van der Waals surface area contributed by atoms with Crippen molar-refractivity contribution in [3.63, 3.8) is 0 Å². The number of rotatable bonds is 3. The van der Waals surface area contributed by atoms with Crippen molar-refractivity contribution in [2.45, 2.75) is 0 Å². The molecule has 138 valence electrons. The second-order valence-corrected chi connectivity index (χ2v) is 7.77. The quantitative estimate of drug-likeness (QED) is 0.405. The summed E-state index contributed by atoms with van der Waals surface area (Å²) >= 11 is 8.22. The SMILES string of the molecule is O=C(Nc1cccc(N2C(=O)c3ccccc3C2=O)c1)c1cc(I)ccc1Cl. The van der Waals surface area contributed by atoms with Crippen LogP contribution in [0.3, 0.4) is 0 Å². The molecule has 1 aliphatic heterocycles. The number of benzene rings is 3. The van der Waals surface area contributed by atoms with Crippen molar-refractivity contribution >= 4 is 63.3 Å². The van der Waals surface area contributed by atoms with Crippen LogP contribution in [0.5, 0.6) is 0 Å². The Hall–Kier alpha value is -2.71. The van der Waals surface area contributed by atoms with Gasteiger partial charge < -0.3 is 5.32 Å². The van der Waals surface area contributed by atoms with Gasteiger partial charge in [0.05, 0.1) is 27.4 Å². The van der Waals surface area contributed by atoms with Crippen molar-refractivity contribution in [1.29, 1.82) is 0 Å². The largest absolute Gasteiger partial charge is 0.322 e. The van der Waals surface area contributed by atoms with E-state index < -0.39 is 0 Å². The summed E-state index contributed by atoms with van der Waals surface area (Å²) in [6, 6.07) is 18.4. The first-order valence-electron chi connectivity index (χ1n) is 8.30. The van der Waals surface area contributed by atoms with Crippen LogP contribution >= 0.6 is 34.2 Å². The van der Waals surface area contributed by atoms with Gasteiger partial charge in [-0.05, 0) is 71.1 Å². The summed E-state index contributed by atoms with van der Waals surface area (Å²) < 4.78 is 0.881. The van der Waals surface area contributed by atoms with Crippen LogP contribution in [-0.2, 0) is 0 Å². The Kier molecular flexibility index (Phi) is 4.91. The predicted octanol–water partition coefficient (Wildman–Crippen LogP) is 5.00. The average molecular weight is 503 g/mol. The normalized spacial score (nSPS) is 12.9. The number of nitrogens with one attached hydrogen (secondary N) is 1. The third kappa shape index (κ3) is 3.29. The molecular weight excluding hydrogens is 491 g/mol. The number of carbonyl (C=O) groups is 3. The van der Waals surface area contributed by atoms with E-state index in [1.165, 1.54) is 0 Å². The molecule has 0 aliphatic carbocycles.